The Hall–Kier alpha value is -0.990. The summed E-state index contributed by atoms with van der Waals surface area (Å²) < 4.78 is 0. The van der Waals surface area contributed by atoms with Gasteiger partial charge >= 0.3 is 0 Å². The summed E-state index contributed by atoms with van der Waals surface area (Å²) in [4.78, 5) is 12.4. The van der Waals surface area contributed by atoms with E-state index in [4.69, 9.17) is 28.9 Å². The zero-order valence-corrected chi connectivity index (χ0v) is 11.5. The Bertz CT molecular complexity index is 509. The van der Waals surface area contributed by atoms with Crippen molar-refractivity contribution in [3.05, 3.63) is 39.4 Å². The molecule has 0 unspecified atom stereocenters. The van der Waals surface area contributed by atoms with Crippen molar-refractivity contribution in [2.24, 2.45) is 0 Å². The number of nitrogen functional groups attached to an aromatic ring is 1. The molecular weight excluding hydrogens is 269 g/mol. The van der Waals surface area contributed by atoms with Crippen molar-refractivity contribution in [1.29, 1.82) is 0 Å². The van der Waals surface area contributed by atoms with Gasteiger partial charge in [0.25, 0.3) is 0 Å². The highest BCUT2D eigenvalue weighted by atomic mass is 35.5. The second-order valence-corrected chi connectivity index (χ2v) is 5.31. The summed E-state index contributed by atoms with van der Waals surface area (Å²) in [5, 5.41) is 0.621. The van der Waals surface area contributed by atoms with E-state index in [1.54, 1.807) is 12.1 Å². The first-order chi connectivity index (χ1) is 8.59. The van der Waals surface area contributed by atoms with Crippen molar-refractivity contribution in [3.8, 4) is 0 Å². The number of carbonyl (C=O) groups excluding carboxylic acids is 1. The maximum absolute atomic E-state index is 12.4. The number of Topliss-reactive ketones (excluding diaryl/α,β-unsaturated/α-hetero) is 1. The molecule has 0 atom stereocenters. The minimum absolute atomic E-state index is 0.0453. The van der Waals surface area contributed by atoms with E-state index >= 15 is 0 Å². The Labute approximate surface area is 117 Å². The van der Waals surface area contributed by atoms with Crippen molar-refractivity contribution >= 4 is 34.7 Å². The normalized spacial score (nSPS) is 16.0. The fourth-order valence-electron chi connectivity index (χ4n) is 2.17. The van der Waals surface area contributed by atoms with Gasteiger partial charge in [-0.25, -0.2) is 0 Å². The first-order valence-corrected chi connectivity index (χ1v) is 6.83. The molecule has 0 fully saturated rings. The third kappa shape index (κ3) is 2.88. The molecule has 96 valence electrons. The van der Waals surface area contributed by atoms with Crippen LogP contribution in [-0.2, 0) is 0 Å². The summed E-state index contributed by atoms with van der Waals surface area (Å²) in [7, 11) is 0. The maximum Gasteiger partial charge on any atom is 0.190 e. The Morgan fingerprint density at radius 3 is 2.72 bits per heavy atom. The molecule has 2 nitrogen and oxygen atoms in total. The van der Waals surface area contributed by atoms with Gasteiger partial charge in [-0.05, 0) is 43.4 Å². The van der Waals surface area contributed by atoms with E-state index < -0.39 is 0 Å². The van der Waals surface area contributed by atoms with Gasteiger partial charge in [0.1, 0.15) is 0 Å². The molecule has 0 aliphatic heterocycles. The highest BCUT2D eigenvalue weighted by molar-refractivity contribution is 6.44. The fraction of sp³-hybridized carbons (Fsp3) is 0.357. The molecule has 0 saturated carbocycles. The Morgan fingerprint density at radius 1 is 1.17 bits per heavy atom. The molecule has 0 heterocycles. The van der Waals surface area contributed by atoms with E-state index in [9.17, 15) is 4.79 Å². The molecule has 0 bridgehead atoms. The van der Waals surface area contributed by atoms with Crippen LogP contribution < -0.4 is 5.73 Å². The van der Waals surface area contributed by atoms with Gasteiger partial charge in [-0.15, -0.1) is 0 Å². The number of hydrogen-bond acceptors (Lipinski definition) is 2. The number of halogens is 2. The lowest BCUT2D eigenvalue weighted by Gasteiger charge is -2.09. The average molecular weight is 284 g/mol. The van der Waals surface area contributed by atoms with Crippen molar-refractivity contribution in [2.75, 3.05) is 5.73 Å². The first-order valence-electron chi connectivity index (χ1n) is 6.08. The molecule has 0 saturated heterocycles. The number of rotatable bonds is 2. The molecule has 0 aromatic heterocycles. The molecule has 0 spiro atoms. The molecule has 1 aromatic carbocycles. The molecule has 1 aromatic rings. The maximum atomic E-state index is 12.4. The largest absolute Gasteiger partial charge is 0.399 e. The van der Waals surface area contributed by atoms with E-state index in [0.29, 0.717) is 21.3 Å². The Balaban J connectivity index is 2.36. The van der Waals surface area contributed by atoms with Crippen molar-refractivity contribution in [1.82, 2.24) is 0 Å². The number of carbonyl (C=O) groups is 1. The highest BCUT2D eigenvalue weighted by Crippen LogP contribution is 2.31. The molecular formula is C14H15Cl2NO. The van der Waals surface area contributed by atoms with Gasteiger partial charge in [0.15, 0.2) is 5.78 Å². The monoisotopic (exact) mass is 283 g/mol. The second kappa shape index (κ2) is 5.77. The fourth-order valence-corrected chi connectivity index (χ4v) is 2.59. The van der Waals surface area contributed by atoms with Gasteiger partial charge in [0.2, 0.25) is 0 Å². The number of benzene rings is 1. The SMILES string of the molecule is Nc1cc(Cl)c(Cl)c(C(=O)C2=CCCCCC2)c1. The second-order valence-electron chi connectivity index (χ2n) is 4.52. The summed E-state index contributed by atoms with van der Waals surface area (Å²) in [6.45, 7) is 0. The van der Waals surface area contributed by atoms with Crippen LogP contribution in [0.2, 0.25) is 10.0 Å². The minimum atomic E-state index is -0.0453. The summed E-state index contributed by atoms with van der Waals surface area (Å²) in [6.07, 6.45) is 7.13. The third-order valence-corrected chi connectivity index (χ3v) is 3.93. The van der Waals surface area contributed by atoms with E-state index in [-0.39, 0.29) is 5.78 Å². The minimum Gasteiger partial charge on any atom is -0.399 e. The lowest BCUT2D eigenvalue weighted by Crippen LogP contribution is -2.05. The van der Waals surface area contributed by atoms with Crippen LogP contribution in [0.25, 0.3) is 0 Å². The molecule has 2 N–H and O–H groups in total. The van der Waals surface area contributed by atoms with E-state index in [1.807, 2.05) is 6.08 Å². The van der Waals surface area contributed by atoms with Crippen LogP contribution >= 0.6 is 23.2 Å². The molecule has 0 radical (unpaired) electrons. The average Bonchev–Trinajstić information content (AvgIpc) is 2.61. The topological polar surface area (TPSA) is 43.1 Å². The van der Waals surface area contributed by atoms with Gasteiger partial charge in [-0.3, -0.25) is 4.79 Å². The van der Waals surface area contributed by atoms with Crippen LogP contribution in [0.15, 0.2) is 23.8 Å². The number of allylic oxidation sites excluding steroid dienone is 2. The predicted octanol–water partition coefficient (Wildman–Crippen LogP) is 4.65. The molecule has 2 rings (SSSR count). The van der Waals surface area contributed by atoms with Gasteiger partial charge in [0, 0.05) is 11.3 Å². The van der Waals surface area contributed by atoms with Crippen LogP contribution in [-0.4, -0.2) is 5.78 Å². The van der Waals surface area contributed by atoms with Gasteiger partial charge in [-0.1, -0.05) is 35.7 Å². The number of hydrogen-bond donors (Lipinski definition) is 1. The van der Waals surface area contributed by atoms with Gasteiger partial charge in [0.05, 0.1) is 10.0 Å². The molecule has 18 heavy (non-hydrogen) atoms. The van der Waals surface area contributed by atoms with E-state index in [2.05, 4.69) is 0 Å². The highest BCUT2D eigenvalue weighted by Gasteiger charge is 2.18. The van der Waals surface area contributed by atoms with Gasteiger partial charge < -0.3 is 5.73 Å². The molecule has 1 aliphatic carbocycles. The number of anilines is 1. The van der Waals surface area contributed by atoms with Crippen molar-refractivity contribution < 1.29 is 4.79 Å². The van der Waals surface area contributed by atoms with Crippen LogP contribution in [0.1, 0.15) is 42.5 Å². The smallest absolute Gasteiger partial charge is 0.190 e. The van der Waals surface area contributed by atoms with Crippen molar-refractivity contribution in [3.63, 3.8) is 0 Å². The predicted molar refractivity (Wildman–Crippen MR) is 76.4 cm³/mol. The Morgan fingerprint density at radius 2 is 1.94 bits per heavy atom. The summed E-state index contributed by atoms with van der Waals surface area (Å²) in [5.41, 5.74) is 7.41. The zero-order valence-electron chi connectivity index (χ0n) is 10.0. The quantitative estimate of drug-likeness (QED) is 0.634. The standard InChI is InChI=1S/C14H15Cl2NO/c15-12-8-10(17)7-11(13(12)16)14(18)9-5-3-1-2-4-6-9/h5,7-8H,1-4,6,17H2. The van der Waals surface area contributed by atoms with Crippen LogP contribution in [0, 0.1) is 0 Å². The number of nitrogens with two attached hydrogens (primary N) is 1. The van der Waals surface area contributed by atoms with Crippen LogP contribution in [0.4, 0.5) is 5.69 Å². The molecule has 1 aliphatic rings. The summed E-state index contributed by atoms with van der Waals surface area (Å²) in [6, 6.07) is 3.16. The third-order valence-electron chi connectivity index (χ3n) is 3.13. The van der Waals surface area contributed by atoms with Crippen LogP contribution in [0.5, 0.6) is 0 Å². The summed E-state index contributed by atoms with van der Waals surface area (Å²) >= 11 is 12.0. The zero-order chi connectivity index (χ0) is 13.1. The lowest BCUT2D eigenvalue weighted by molar-refractivity contribution is 0.103. The molecule has 4 heteroatoms. The van der Waals surface area contributed by atoms with E-state index in [0.717, 1.165) is 31.3 Å². The van der Waals surface area contributed by atoms with Gasteiger partial charge in [-0.2, -0.15) is 0 Å². The first kappa shape index (κ1) is 13.4. The lowest BCUT2D eigenvalue weighted by atomic mass is 9.99. The van der Waals surface area contributed by atoms with Crippen molar-refractivity contribution in [2.45, 2.75) is 32.1 Å². The summed E-state index contributed by atoms with van der Waals surface area (Å²) in [5.74, 6) is -0.0453. The molecule has 0 amide bonds. The van der Waals surface area contributed by atoms with Crippen LogP contribution in [0.3, 0.4) is 0 Å². The van der Waals surface area contributed by atoms with E-state index in [1.165, 1.54) is 6.42 Å². The Kier molecular flexibility index (Phi) is 4.31. The number of ketones is 1.